The third-order valence-corrected chi connectivity index (χ3v) is 6.53. The van der Waals surface area contributed by atoms with Gasteiger partial charge in [-0.25, -0.2) is 0 Å². The molecule has 148 valence electrons. The Morgan fingerprint density at radius 1 is 0.367 bits per heavy atom. The predicted molar refractivity (Wildman–Crippen MR) is 137 cm³/mol. The smallest absolute Gasteiger partial charge is 0.00112 e. The quantitative estimate of drug-likeness (QED) is 0.179. The summed E-state index contributed by atoms with van der Waals surface area (Å²) < 4.78 is 0. The Balaban J connectivity index is 0.000000457. The minimum absolute atomic E-state index is 1.36. The molecule has 0 saturated carbocycles. The zero-order chi connectivity index (χ0) is 21.2. The standard InChI is InChI=1S/C26H16.2C2H6/c1-13-11-17-5-6-18-12-14(2)20-10-8-16-4-3-15-7-9-19(13)25-21(15)22(16)26(20)24(18)23(17)25;2*1-2/h3-12H,1-2H3;2*1-2H3. The van der Waals surface area contributed by atoms with Gasteiger partial charge in [0.25, 0.3) is 0 Å². The van der Waals surface area contributed by atoms with Gasteiger partial charge in [0.05, 0.1) is 0 Å². The lowest BCUT2D eigenvalue weighted by atomic mass is 9.81. The molecular formula is C30H28. The van der Waals surface area contributed by atoms with E-state index in [0.717, 1.165) is 0 Å². The number of benzene rings is 7. The molecule has 0 aliphatic carbocycles. The van der Waals surface area contributed by atoms with E-state index in [0.29, 0.717) is 0 Å². The summed E-state index contributed by atoms with van der Waals surface area (Å²) >= 11 is 0. The normalized spacial score (nSPS) is 11.7. The van der Waals surface area contributed by atoms with E-state index in [1.54, 1.807) is 0 Å². The molecule has 0 fully saturated rings. The zero-order valence-corrected chi connectivity index (χ0v) is 18.8. The first-order valence-corrected chi connectivity index (χ1v) is 11.3. The molecule has 0 N–H and O–H groups in total. The highest BCUT2D eigenvalue weighted by Gasteiger charge is 2.21. The minimum Gasteiger partial charge on any atom is -0.0683 e. The van der Waals surface area contributed by atoms with Crippen molar-refractivity contribution in [1.29, 1.82) is 0 Å². The van der Waals surface area contributed by atoms with Crippen LogP contribution in [0.15, 0.2) is 60.7 Å². The summed E-state index contributed by atoms with van der Waals surface area (Å²) in [5, 5.41) is 16.9. The Morgan fingerprint density at radius 2 is 0.667 bits per heavy atom. The van der Waals surface area contributed by atoms with Gasteiger partial charge in [-0.2, -0.15) is 0 Å². The van der Waals surface area contributed by atoms with Crippen molar-refractivity contribution >= 4 is 64.6 Å². The fourth-order valence-electron chi connectivity index (χ4n) is 5.45. The number of hydrogen-bond donors (Lipinski definition) is 0. The first-order chi connectivity index (χ1) is 14.7. The van der Waals surface area contributed by atoms with E-state index < -0.39 is 0 Å². The summed E-state index contributed by atoms with van der Waals surface area (Å²) in [5.41, 5.74) is 2.74. The molecule has 0 amide bonds. The monoisotopic (exact) mass is 388 g/mol. The number of aryl methyl sites for hydroxylation is 2. The van der Waals surface area contributed by atoms with Crippen LogP contribution in [0.5, 0.6) is 0 Å². The van der Waals surface area contributed by atoms with Gasteiger partial charge in [0.2, 0.25) is 0 Å². The van der Waals surface area contributed by atoms with Crippen LogP contribution in [0, 0.1) is 13.8 Å². The Labute approximate surface area is 178 Å². The molecule has 0 aliphatic rings. The summed E-state index contributed by atoms with van der Waals surface area (Å²) in [6.45, 7) is 12.5. The maximum atomic E-state index is 2.36. The van der Waals surface area contributed by atoms with Gasteiger partial charge in [0, 0.05) is 0 Å². The molecule has 0 heterocycles. The maximum Gasteiger partial charge on any atom is -0.00112 e. The van der Waals surface area contributed by atoms with E-state index in [1.165, 1.54) is 75.8 Å². The molecule has 0 aromatic heterocycles. The van der Waals surface area contributed by atoms with E-state index in [1.807, 2.05) is 27.7 Å². The summed E-state index contributed by atoms with van der Waals surface area (Å²) in [6.07, 6.45) is 0. The molecule has 0 bridgehead atoms. The van der Waals surface area contributed by atoms with Crippen molar-refractivity contribution in [2.24, 2.45) is 0 Å². The summed E-state index contributed by atoms with van der Waals surface area (Å²) in [4.78, 5) is 0. The van der Waals surface area contributed by atoms with Crippen molar-refractivity contribution in [3.05, 3.63) is 71.8 Å². The van der Waals surface area contributed by atoms with E-state index in [9.17, 15) is 0 Å². The fraction of sp³-hybridized carbons (Fsp3) is 0.200. The second-order valence-corrected chi connectivity index (χ2v) is 7.89. The second-order valence-electron chi connectivity index (χ2n) is 7.89. The molecule has 0 saturated heterocycles. The van der Waals surface area contributed by atoms with Crippen molar-refractivity contribution in [2.75, 3.05) is 0 Å². The van der Waals surface area contributed by atoms with Crippen molar-refractivity contribution in [2.45, 2.75) is 41.5 Å². The van der Waals surface area contributed by atoms with Gasteiger partial charge >= 0.3 is 0 Å². The minimum atomic E-state index is 1.36. The molecule has 0 spiro atoms. The van der Waals surface area contributed by atoms with Crippen LogP contribution < -0.4 is 0 Å². The van der Waals surface area contributed by atoms with Gasteiger partial charge in [0.15, 0.2) is 0 Å². The van der Waals surface area contributed by atoms with Gasteiger partial charge in [-0.3, -0.25) is 0 Å². The van der Waals surface area contributed by atoms with Gasteiger partial charge in [0.1, 0.15) is 0 Å². The Morgan fingerprint density at radius 3 is 1.07 bits per heavy atom. The second kappa shape index (κ2) is 6.71. The first kappa shape index (κ1) is 18.9. The molecule has 7 aromatic rings. The van der Waals surface area contributed by atoms with Gasteiger partial charge in [-0.15, -0.1) is 0 Å². The van der Waals surface area contributed by atoms with Crippen LogP contribution >= 0.6 is 0 Å². The summed E-state index contributed by atoms with van der Waals surface area (Å²) in [7, 11) is 0. The van der Waals surface area contributed by atoms with Gasteiger partial charge in [-0.1, -0.05) is 88.4 Å². The van der Waals surface area contributed by atoms with Gasteiger partial charge in [-0.05, 0) is 89.6 Å². The highest BCUT2D eigenvalue weighted by Crippen LogP contribution is 2.49. The van der Waals surface area contributed by atoms with Gasteiger partial charge < -0.3 is 0 Å². The van der Waals surface area contributed by atoms with E-state index in [-0.39, 0.29) is 0 Å². The van der Waals surface area contributed by atoms with Crippen molar-refractivity contribution < 1.29 is 0 Å². The van der Waals surface area contributed by atoms with Crippen LogP contribution in [0.1, 0.15) is 38.8 Å². The lowest BCUT2D eigenvalue weighted by Gasteiger charge is -2.22. The lowest BCUT2D eigenvalue weighted by Crippen LogP contribution is -1.94. The number of hydrogen-bond acceptors (Lipinski definition) is 0. The molecule has 0 heteroatoms. The lowest BCUT2D eigenvalue weighted by molar-refractivity contribution is 1.50. The molecule has 0 unspecified atom stereocenters. The highest BCUT2D eigenvalue weighted by molar-refractivity contribution is 6.44. The third kappa shape index (κ3) is 2.17. The molecule has 7 aromatic carbocycles. The maximum absolute atomic E-state index is 2.36. The fourth-order valence-corrected chi connectivity index (χ4v) is 5.45. The van der Waals surface area contributed by atoms with Crippen LogP contribution in [0.3, 0.4) is 0 Å². The molecule has 0 nitrogen and oxygen atoms in total. The molecular weight excluding hydrogens is 360 g/mol. The highest BCUT2D eigenvalue weighted by atomic mass is 14.2. The van der Waals surface area contributed by atoms with Crippen LogP contribution in [0.4, 0.5) is 0 Å². The summed E-state index contributed by atoms with van der Waals surface area (Å²) in [5.74, 6) is 0. The first-order valence-electron chi connectivity index (χ1n) is 11.3. The van der Waals surface area contributed by atoms with Crippen molar-refractivity contribution in [3.8, 4) is 0 Å². The predicted octanol–water partition coefficient (Wildman–Crippen LogP) is 9.59. The van der Waals surface area contributed by atoms with E-state index in [2.05, 4.69) is 74.5 Å². The topological polar surface area (TPSA) is 0 Å². The van der Waals surface area contributed by atoms with Crippen LogP contribution in [0.2, 0.25) is 0 Å². The number of rotatable bonds is 0. The zero-order valence-electron chi connectivity index (χ0n) is 18.8. The molecule has 0 aliphatic heterocycles. The molecule has 7 rings (SSSR count). The van der Waals surface area contributed by atoms with Crippen LogP contribution in [-0.4, -0.2) is 0 Å². The van der Waals surface area contributed by atoms with E-state index >= 15 is 0 Å². The average Bonchev–Trinajstić information content (AvgIpc) is 2.80. The third-order valence-electron chi connectivity index (χ3n) is 6.53. The van der Waals surface area contributed by atoms with Crippen molar-refractivity contribution in [3.63, 3.8) is 0 Å². The van der Waals surface area contributed by atoms with Crippen LogP contribution in [0.25, 0.3) is 64.6 Å². The summed E-state index contributed by atoms with van der Waals surface area (Å²) in [6, 6.07) is 23.2. The Kier molecular flexibility index (Phi) is 4.22. The Hall–Kier alpha value is -3.12. The van der Waals surface area contributed by atoms with Crippen LogP contribution in [-0.2, 0) is 0 Å². The van der Waals surface area contributed by atoms with Crippen molar-refractivity contribution in [1.82, 2.24) is 0 Å². The molecule has 30 heavy (non-hydrogen) atoms. The molecule has 0 radical (unpaired) electrons. The SMILES string of the molecule is CC.CC.Cc1cc2ccc3cc(C)c4ccc5ccc6ccc1c1c6c5c4c3c21. The largest absolute Gasteiger partial charge is 0.0683 e. The Bertz CT molecular complexity index is 1490. The average molecular weight is 389 g/mol. The molecule has 0 atom stereocenters. The van der Waals surface area contributed by atoms with E-state index in [4.69, 9.17) is 0 Å².